The van der Waals surface area contributed by atoms with E-state index in [9.17, 15) is 9.90 Å². The van der Waals surface area contributed by atoms with Crippen LogP contribution in [0.15, 0.2) is 6.20 Å². The SMILES string of the molecule is COC(=O)c1cnn(C)c1C(O)CBr. The van der Waals surface area contributed by atoms with Crippen LogP contribution in [0.2, 0.25) is 0 Å². The Hall–Kier alpha value is -0.880. The summed E-state index contributed by atoms with van der Waals surface area (Å²) >= 11 is 3.13. The third-order valence-corrected chi connectivity index (χ3v) is 2.47. The summed E-state index contributed by atoms with van der Waals surface area (Å²) in [6.45, 7) is 0. The van der Waals surface area contributed by atoms with Crippen LogP contribution in [-0.4, -0.2) is 33.3 Å². The number of aliphatic hydroxyl groups excluding tert-OH is 1. The number of alkyl halides is 1. The second-order valence-electron chi connectivity index (χ2n) is 2.73. The molecule has 1 rings (SSSR count). The molecule has 5 nitrogen and oxygen atoms in total. The van der Waals surface area contributed by atoms with Gasteiger partial charge in [-0.25, -0.2) is 4.79 Å². The van der Waals surface area contributed by atoms with E-state index in [-0.39, 0.29) is 0 Å². The quantitative estimate of drug-likeness (QED) is 0.642. The van der Waals surface area contributed by atoms with Crippen molar-refractivity contribution in [3.63, 3.8) is 0 Å². The smallest absolute Gasteiger partial charge is 0.341 e. The Balaban J connectivity index is 3.12. The van der Waals surface area contributed by atoms with Gasteiger partial charge in [0.25, 0.3) is 0 Å². The lowest BCUT2D eigenvalue weighted by Gasteiger charge is -2.09. The first-order chi connectivity index (χ1) is 6.61. The van der Waals surface area contributed by atoms with Gasteiger partial charge in [-0.05, 0) is 0 Å². The zero-order valence-electron chi connectivity index (χ0n) is 7.90. The molecule has 0 aliphatic rings. The average Bonchev–Trinajstić information content (AvgIpc) is 2.58. The molecule has 0 aliphatic heterocycles. The summed E-state index contributed by atoms with van der Waals surface area (Å²) in [4.78, 5) is 11.3. The number of rotatable bonds is 3. The minimum Gasteiger partial charge on any atom is -0.465 e. The monoisotopic (exact) mass is 262 g/mol. The van der Waals surface area contributed by atoms with Crippen LogP contribution in [0, 0.1) is 0 Å². The predicted octanol–water partition coefficient (Wildman–Crippen LogP) is 0.635. The molecule has 0 saturated carbocycles. The third-order valence-electron chi connectivity index (χ3n) is 1.85. The highest BCUT2D eigenvalue weighted by molar-refractivity contribution is 9.09. The topological polar surface area (TPSA) is 64.3 Å². The standard InChI is InChI=1S/C8H11BrN2O3/c1-11-7(6(12)3-9)5(4-10-11)8(13)14-2/h4,6,12H,3H2,1-2H3. The second-order valence-corrected chi connectivity index (χ2v) is 3.38. The summed E-state index contributed by atoms with van der Waals surface area (Å²) in [7, 11) is 2.95. The van der Waals surface area contributed by atoms with Crippen molar-refractivity contribution in [2.24, 2.45) is 7.05 Å². The van der Waals surface area contributed by atoms with E-state index in [1.807, 2.05) is 0 Å². The van der Waals surface area contributed by atoms with Crippen molar-refractivity contribution >= 4 is 21.9 Å². The normalized spacial score (nSPS) is 12.6. The van der Waals surface area contributed by atoms with Crippen LogP contribution >= 0.6 is 15.9 Å². The number of carbonyl (C=O) groups is 1. The van der Waals surface area contributed by atoms with E-state index < -0.39 is 12.1 Å². The number of methoxy groups -OCH3 is 1. The number of aromatic nitrogens is 2. The summed E-state index contributed by atoms with van der Waals surface area (Å²) in [5.74, 6) is -0.492. The Morgan fingerprint density at radius 2 is 2.50 bits per heavy atom. The Bertz CT molecular complexity index is 337. The van der Waals surface area contributed by atoms with E-state index in [0.29, 0.717) is 16.6 Å². The molecule has 1 aromatic rings. The number of hydrogen-bond acceptors (Lipinski definition) is 4. The first-order valence-corrected chi connectivity index (χ1v) is 5.08. The first kappa shape index (κ1) is 11.2. The maximum atomic E-state index is 11.3. The van der Waals surface area contributed by atoms with Gasteiger partial charge < -0.3 is 9.84 Å². The van der Waals surface area contributed by atoms with Crippen LogP contribution < -0.4 is 0 Å². The summed E-state index contributed by atoms with van der Waals surface area (Å²) in [6.07, 6.45) is 0.615. The zero-order valence-corrected chi connectivity index (χ0v) is 9.48. The van der Waals surface area contributed by atoms with Crippen molar-refractivity contribution in [1.82, 2.24) is 9.78 Å². The van der Waals surface area contributed by atoms with Gasteiger partial charge in [0, 0.05) is 12.4 Å². The van der Waals surface area contributed by atoms with Crippen LogP contribution in [0.5, 0.6) is 0 Å². The number of hydrogen-bond donors (Lipinski definition) is 1. The molecule has 1 aromatic heterocycles. The maximum absolute atomic E-state index is 11.3. The summed E-state index contributed by atoms with van der Waals surface area (Å²) in [5.41, 5.74) is 0.746. The van der Waals surface area contributed by atoms with Gasteiger partial charge in [0.15, 0.2) is 0 Å². The molecule has 1 N–H and O–H groups in total. The van der Waals surface area contributed by atoms with Crippen LogP contribution in [-0.2, 0) is 11.8 Å². The molecule has 0 amide bonds. The van der Waals surface area contributed by atoms with E-state index in [4.69, 9.17) is 0 Å². The van der Waals surface area contributed by atoms with Gasteiger partial charge in [0.05, 0.1) is 19.0 Å². The number of nitrogens with zero attached hydrogens (tertiary/aromatic N) is 2. The summed E-state index contributed by atoms with van der Waals surface area (Å²) < 4.78 is 6.02. The fourth-order valence-electron chi connectivity index (χ4n) is 1.18. The van der Waals surface area contributed by atoms with E-state index in [1.54, 1.807) is 7.05 Å². The Morgan fingerprint density at radius 1 is 1.86 bits per heavy atom. The molecule has 0 aromatic carbocycles. The fourth-order valence-corrected chi connectivity index (χ4v) is 1.49. The van der Waals surface area contributed by atoms with Crippen molar-refractivity contribution < 1.29 is 14.6 Å². The van der Waals surface area contributed by atoms with Gasteiger partial charge >= 0.3 is 5.97 Å². The highest BCUT2D eigenvalue weighted by Gasteiger charge is 2.21. The minimum absolute atomic E-state index is 0.293. The van der Waals surface area contributed by atoms with Crippen molar-refractivity contribution in [2.75, 3.05) is 12.4 Å². The Labute approximate surface area is 89.8 Å². The molecule has 6 heteroatoms. The molecular weight excluding hydrogens is 252 g/mol. The Morgan fingerprint density at radius 3 is 3.00 bits per heavy atom. The van der Waals surface area contributed by atoms with Crippen molar-refractivity contribution in [2.45, 2.75) is 6.10 Å². The molecular formula is C8H11BrN2O3. The molecule has 0 saturated heterocycles. The number of halogens is 1. The molecule has 0 fully saturated rings. The van der Waals surface area contributed by atoms with E-state index in [2.05, 4.69) is 25.8 Å². The highest BCUT2D eigenvalue weighted by atomic mass is 79.9. The van der Waals surface area contributed by atoms with Crippen molar-refractivity contribution in [3.05, 3.63) is 17.5 Å². The lowest BCUT2D eigenvalue weighted by Crippen LogP contribution is -2.12. The summed E-state index contributed by atoms with van der Waals surface area (Å²) in [5, 5.41) is 13.8. The third kappa shape index (κ3) is 1.96. The van der Waals surface area contributed by atoms with Gasteiger partial charge in [-0.2, -0.15) is 5.10 Å². The summed E-state index contributed by atoms with van der Waals surface area (Å²) in [6, 6.07) is 0. The van der Waals surface area contributed by atoms with E-state index in [0.717, 1.165) is 0 Å². The zero-order chi connectivity index (χ0) is 10.7. The number of ether oxygens (including phenoxy) is 1. The maximum Gasteiger partial charge on any atom is 0.341 e. The molecule has 0 radical (unpaired) electrons. The highest BCUT2D eigenvalue weighted by Crippen LogP contribution is 2.19. The van der Waals surface area contributed by atoms with Crippen LogP contribution in [0.3, 0.4) is 0 Å². The fraction of sp³-hybridized carbons (Fsp3) is 0.500. The number of aryl methyl sites for hydroxylation is 1. The predicted molar refractivity (Wildman–Crippen MR) is 53.3 cm³/mol. The van der Waals surface area contributed by atoms with Crippen molar-refractivity contribution in [1.29, 1.82) is 0 Å². The van der Waals surface area contributed by atoms with E-state index >= 15 is 0 Å². The molecule has 14 heavy (non-hydrogen) atoms. The number of aliphatic hydroxyl groups is 1. The first-order valence-electron chi connectivity index (χ1n) is 3.96. The average molecular weight is 263 g/mol. The largest absolute Gasteiger partial charge is 0.465 e. The van der Waals surface area contributed by atoms with Crippen LogP contribution in [0.25, 0.3) is 0 Å². The van der Waals surface area contributed by atoms with Gasteiger partial charge in [0.2, 0.25) is 0 Å². The van der Waals surface area contributed by atoms with Gasteiger partial charge in [0.1, 0.15) is 11.7 Å². The molecule has 78 valence electrons. The Kier molecular flexibility index (Phi) is 3.65. The molecule has 0 aliphatic carbocycles. The molecule has 1 unspecified atom stereocenters. The van der Waals surface area contributed by atoms with Gasteiger partial charge in [-0.3, -0.25) is 4.68 Å². The molecule has 1 heterocycles. The van der Waals surface area contributed by atoms with Gasteiger partial charge in [-0.1, -0.05) is 15.9 Å². The second kappa shape index (κ2) is 4.56. The number of carbonyl (C=O) groups excluding carboxylic acids is 1. The molecule has 1 atom stereocenters. The van der Waals surface area contributed by atoms with Gasteiger partial charge in [-0.15, -0.1) is 0 Å². The van der Waals surface area contributed by atoms with Crippen LogP contribution in [0.1, 0.15) is 22.2 Å². The van der Waals surface area contributed by atoms with Crippen molar-refractivity contribution in [3.8, 4) is 0 Å². The lowest BCUT2D eigenvalue weighted by atomic mass is 10.2. The molecule has 0 bridgehead atoms. The number of esters is 1. The lowest BCUT2D eigenvalue weighted by molar-refractivity contribution is 0.0594. The van der Waals surface area contributed by atoms with Crippen LogP contribution in [0.4, 0.5) is 0 Å². The molecule has 0 spiro atoms. The minimum atomic E-state index is -0.767. The van der Waals surface area contributed by atoms with E-state index in [1.165, 1.54) is 18.0 Å².